The lowest BCUT2D eigenvalue weighted by molar-refractivity contribution is -0.175. The summed E-state index contributed by atoms with van der Waals surface area (Å²) in [5, 5.41) is 0.336. The van der Waals surface area contributed by atoms with Gasteiger partial charge in [-0.25, -0.2) is 9.59 Å². The second kappa shape index (κ2) is 7.60. The number of alkyl halides is 1. The van der Waals surface area contributed by atoms with E-state index in [0.29, 0.717) is 22.7 Å². The Morgan fingerprint density at radius 2 is 1.83 bits per heavy atom. The maximum atomic E-state index is 13.0. The Hall–Kier alpha value is -2.13. The van der Waals surface area contributed by atoms with Crippen molar-refractivity contribution < 1.29 is 28.7 Å². The first kappa shape index (κ1) is 21.6. The van der Waals surface area contributed by atoms with Crippen LogP contribution in [0.1, 0.15) is 32.8 Å². The fourth-order valence-corrected chi connectivity index (χ4v) is 5.92. The highest BCUT2D eigenvalue weighted by Crippen LogP contribution is 2.62. The summed E-state index contributed by atoms with van der Waals surface area (Å²) in [5.74, 6) is -2.22. The summed E-state index contributed by atoms with van der Waals surface area (Å²) in [5.41, 5.74) is -1.05. The van der Waals surface area contributed by atoms with Gasteiger partial charge in [0.1, 0.15) is 6.17 Å². The third-order valence-corrected chi connectivity index (χ3v) is 6.62. The van der Waals surface area contributed by atoms with Gasteiger partial charge in [-0.2, -0.15) is 0 Å². The van der Waals surface area contributed by atoms with Crippen LogP contribution in [0.25, 0.3) is 0 Å². The predicted molar refractivity (Wildman–Crippen MR) is 108 cm³/mol. The van der Waals surface area contributed by atoms with Crippen LogP contribution in [0.15, 0.2) is 18.2 Å². The van der Waals surface area contributed by atoms with Crippen molar-refractivity contribution in [2.24, 2.45) is 0 Å². The smallest absolute Gasteiger partial charge is 0.344 e. The lowest BCUT2D eigenvalue weighted by Gasteiger charge is -2.37. The van der Waals surface area contributed by atoms with Gasteiger partial charge in [-0.1, -0.05) is 33.6 Å². The second-order valence-corrected chi connectivity index (χ2v) is 8.57. The molecule has 2 heterocycles. The van der Waals surface area contributed by atoms with Crippen LogP contribution >= 0.6 is 27.5 Å². The molecule has 0 aromatic heterocycles. The number of rotatable bonds is 5. The Morgan fingerprint density at radius 1 is 1.24 bits per heavy atom. The van der Waals surface area contributed by atoms with Gasteiger partial charge in [0.2, 0.25) is 17.9 Å². The number of nitrogens with zero attached hydrogens (tertiary/aromatic N) is 2. The van der Waals surface area contributed by atoms with E-state index in [4.69, 9.17) is 21.1 Å². The molecule has 0 unspecified atom stereocenters. The summed E-state index contributed by atoms with van der Waals surface area (Å²) in [6.45, 7) is 4.52. The van der Waals surface area contributed by atoms with Crippen molar-refractivity contribution in [3.8, 4) is 0 Å². The molecule has 1 aromatic carbocycles. The van der Waals surface area contributed by atoms with Crippen LogP contribution < -0.4 is 4.90 Å². The fraction of sp³-hybridized carbons (Fsp3) is 0.474. The first-order chi connectivity index (χ1) is 13.7. The lowest BCUT2D eigenvalue weighted by Crippen LogP contribution is -2.62. The summed E-state index contributed by atoms with van der Waals surface area (Å²) in [6.07, 6.45) is -0.847. The minimum Gasteiger partial charge on any atom is -0.464 e. The van der Waals surface area contributed by atoms with Crippen LogP contribution in [-0.4, -0.2) is 54.1 Å². The first-order valence-corrected chi connectivity index (χ1v) is 10.2. The Balaban J connectivity index is 2.30. The zero-order valence-electron chi connectivity index (χ0n) is 16.1. The molecule has 0 aliphatic carbocycles. The van der Waals surface area contributed by atoms with Crippen LogP contribution in [0.2, 0.25) is 5.02 Å². The van der Waals surface area contributed by atoms with E-state index in [1.165, 1.54) is 11.8 Å². The molecule has 8 nitrogen and oxygen atoms in total. The van der Waals surface area contributed by atoms with E-state index < -0.39 is 28.0 Å². The summed E-state index contributed by atoms with van der Waals surface area (Å²) in [7, 11) is 0. The molecular weight excluding hydrogens is 468 g/mol. The molecule has 156 valence electrons. The number of halogens is 2. The SMILES string of the molecule is CCOC(=O)C1(C(=O)OCC)C[C@@]2(Br)c3c(Cl)cccc3N(C(C)=O)[C@H]2N1C=O. The van der Waals surface area contributed by atoms with Crippen molar-refractivity contribution in [3.05, 3.63) is 28.8 Å². The van der Waals surface area contributed by atoms with Gasteiger partial charge < -0.3 is 9.47 Å². The maximum Gasteiger partial charge on any atom is 0.344 e. The number of hydrogen-bond donors (Lipinski definition) is 0. The number of ether oxygens (including phenoxy) is 2. The van der Waals surface area contributed by atoms with E-state index in [9.17, 15) is 19.2 Å². The Bertz CT molecular complexity index is 875. The molecule has 0 spiro atoms. The number of carbonyl (C=O) groups is 4. The molecule has 0 N–H and O–H groups in total. The van der Waals surface area contributed by atoms with Gasteiger partial charge in [0.05, 0.1) is 23.2 Å². The van der Waals surface area contributed by atoms with Gasteiger partial charge >= 0.3 is 11.9 Å². The van der Waals surface area contributed by atoms with E-state index in [2.05, 4.69) is 15.9 Å². The van der Waals surface area contributed by atoms with Crippen LogP contribution in [-0.2, 0) is 33.0 Å². The van der Waals surface area contributed by atoms with E-state index in [1.54, 1.807) is 32.0 Å². The molecule has 0 saturated carbocycles. The molecule has 2 aliphatic rings. The van der Waals surface area contributed by atoms with Crippen LogP contribution in [0.4, 0.5) is 5.69 Å². The lowest BCUT2D eigenvalue weighted by atomic mass is 9.88. The molecule has 1 aromatic rings. The van der Waals surface area contributed by atoms with Crippen molar-refractivity contribution in [2.45, 2.75) is 43.2 Å². The number of hydrogen-bond acceptors (Lipinski definition) is 6. The minimum absolute atomic E-state index is 0.000400. The topological polar surface area (TPSA) is 93.2 Å². The zero-order chi connectivity index (χ0) is 21.6. The Labute approximate surface area is 181 Å². The average molecular weight is 488 g/mol. The number of benzene rings is 1. The molecule has 3 rings (SSSR count). The molecule has 29 heavy (non-hydrogen) atoms. The van der Waals surface area contributed by atoms with Gasteiger partial charge in [-0.05, 0) is 26.0 Å². The normalized spacial score (nSPS) is 24.0. The van der Waals surface area contributed by atoms with Crippen LogP contribution in [0, 0.1) is 0 Å². The van der Waals surface area contributed by atoms with Crippen molar-refractivity contribution in [2.75, 3.05) is 18.1 Å². The summed E-state index contributed by atoms with van der Waals surface area (Å²) in [4.78, 5) is 53.2. The van der Waals surface area contributed by atoms with Crippen molar-refractivity contribution in [3.63, 3.8) is 0 Å². The van der Waals surface area contributed by atoms with E-state index in [0.717, 1.165) is 4.90 Å². The number of carbonyl (C=O) groups excluding carboxylic acids is 4. The van der Waals surface area contributed by atoms with E-state index >= 15 is 0 Å². The molecule has 2 aliphatic heterocycles. The highest BCUT2D eigenvalue weighted by atomic mass is 79.9. The largest absolute Gasteiger partial charge is 0.464 e. The number of amides is 2. The summed E-state index contributed by atoms with van der Waals surface area (Å²) < 4.78 is 9.14. The Morgan fingerprint density at radius 3 is 2.31 bits per heavy atom. The number of anilines is 1. The highest BCUT2D eigenvalue weighted by molar-refractivity contribution is 9.09. The first-order valence-electron chi connectivity index (χ1n) is 9.06. The molecule has 1 saturated heterocycles. The van der Waals surface area contributed by atoms with Crippen LogP contribution in [0.5, 0.6) is 0 Å². The van der Waals surface area contributed by atoms with Gasteiger partial charge in [-0.15, -0.1) is 0 Å². The van der Waals surface area contributed by atoms with E-state index in [-0.39, 0.29) is 25.5 Å². The summed E-state index contributed by atoms with van der Waals surface area (Å²) in [6, 6.07) is 5.02. The molecule has 1 fully saturated rings. The molecule has 2 amide bonds. The predicted octanol–water partition coefficient (Wildman–Crippen LogP) is 2.35. The van der Waals surface area contributed by atoms with Gasteiger partial charge in [-0.3, -0.25) is 19.4 Å². The minimum atomic E-state index is -2.06. The quantitative estimate of drug-likeness (QED) is 0.274. The molecular formula is C19H20BrClN2O6. The van der Waals surface area contributed by atoms with Gasteiger partial charge in [0.15, 0.2) is 0 Å². The van der Waals surface area contributed by atoms with Gasteiger partial charge in [0.25, 0.3) is 0 Å². The van der Waals surface area contributed by atoms with Crippen molar-refractivity contribution in [1.82, 2.24) is 4.90 Å². The number of likely N-dealkylation sites (tertiary alicyclic amines) is 1. The zero-order valence-corrected chi connectivity index (χ0v) is 18.4. The summed E-state index contributed by atoms with van der Waals surface area (Å²) >= 11 is 10.1. The third-order valence-electron chi connectivity index (χ3n) is 5.22. The monoisotopic (exact) mass is 486 g/mol. The maximum absolute atomic E-state index is 13.0. The second-order valence-electron chi connectivity index (χ2n) is 6.75. The highest BCUT2D eigenvalue weighted by Gasteiger charge is 2.73. The molecule has 2 atom stereocenters. The van der Waals surface area contributed by atoms with Crippen molar-refractivity contribution >= 4 is 57.5 Å². The average Bonchev–Trinajstić information content (AvgIpc) is 3.07. The molecule has 0 radical (unpaired) electrons. The van der Waals surface area contributed by atoms with Crippen molar-refractivity contribution in [1.29, 1.82) is 0 Å². The fourth-order valence-electron chi connectivity index (χ4n) is 4.22. The van der Waals surface area contributed by atoms with E-state index in [1.807, 2.05) is 0 Å². The van der Waals surface area contributed by atoms with Gasteiger partial charge in [0, 0.05) is 23.9 Å². The molecule has 0 bridgehead atoms. The standard InChI is InChI=1S/C19H20BrClN2O6/c1-4-28-16(26)19(17(27)29-5-2)9-18(20)14-12(21)7-6-8-13(14)23(11(3)25)15(18)22(19)10-24/h6-8,10,15H,4-5,9H2,1-3H3/t15-,18-/m1/s1. The Kier molecular flexibility index (Phi) is 5.66. The molecule has 10 heteroatoms. The number of fused-ring (bicyclic) bond motifs is 3. The third kappa shape index (κ3) is 2.85. The van der Waals surface area contributed by atoms with Crippen LogP contribution in [0.3, 0.4) is 0 Å². The number of esters is 2.